The molecule has 1 heterocycles. The highest BCUT2D eigenvalue weighted by Crippen LogP contribution is 2.28. The summed E-state index contributed by atoms with van der Waals surface area (Å²) in [6, 6.07) is 8.86. The molecule has 134 valence electrons. The van der Waals surface area contributed by atoms with Crippen molar-refractivity contribution in [3.05, 3.63) is 73.9 Å². The van der Waals surface area contributed by atoms with Gasteiger partial charge in [0.2, 0.25) is 5.91 Å². The Balaban J connectivity index is 1.81. The lowest BCUT2D eigenvalue weighted by atomic mass is 10.1. The number of benzene rings is 2. The van der Waals surface area contributed by atoms with E-state index in [2.05, 4.69) is 15.5 Å². The number of rotatable bonds is 4. The van der Waals surface area contributed by atoms with Crippen LogP contribution in [0, 0.1) is 5.82 Å². The lowest BCUT2D eigenvalue weighted by molar-refractivity contribution is -0.121. The predicted molar refractivity (Wildman–Crippen MR) is 99.0 cm³/mol. The molecule has 1 unspecified atom stereocenters. The molecule has 0 fully saturated rings. The number of hydrogen-bond donors (Lipinski definition) is 2. The number of fused-ring (bicyclic) bond motifs is 1. The van der Waals surface area contributed by atoms with Gasteiger partial charge in [0.15, 0.2) is 0 Å². The highest BCUT2D eigenvalue weighted by atomic mass is 35.5. The molecule has 3 aromatic rings. The lowest BCUT2D eigenvalue weighted by Crippen LogP contribution is -2.29. The minimum absolute atomic E-state index is 0.0463. The first-order chi connectivity index (χ1) is 12.4. The molecule has 0 aliphatic carbocycles. The predicted octanol–water partition coefficient (Wildman–Crippen LogP) is 3.79. The van der Waals surface area contributed by atoms with Crippen molar-refractivity contribution < 1.29 is 9.18 Å². The molecule has 2 aromatic carbocycles. The van der Waals surface area contributed by atoms with Crippen LogP contribution in [0.5, 0.6) is 0 Å². The topological polar surface area (TPSA) is 74.8 Å². The molecule has 3 rings (SSSR count). The second-order valence-electron chi connectivity index (χ2n) is 5.80. The molecule has 0 bridgehead atoms. The second kappa shape index (κ2) is 7.43. The summed E-state index contributed by atoms with van der Waals surface area (Å²) in [6.07, 6.45) is -0.0463. The van der Waals surface area contributed by atoms with Crippen LogP contribution in [-0.2, 0) is 11.2 Å². The molecule has 26 heavy (non-hydrogen) atoms. The standard InChI is InChI=1S/C18H14Cl2FN3O2/c1-9(12-6-15(21)14(20)7-13(12)19)22-17(25)8-16-10-4-2-3-5-11(10)18(26)24-23-16/h2-7,9H,8H2,1H3,(H,22,25)(H,24,26). The van der Waals surface area contributed by atoms with Gasteiger partial charge in [0.25, 0.3) is 5.56 Å². The van der Waals surface area contributed by atoms with Gasteiger partial charge in [-0.15, -0.1) is 0 Å². The molecule has 0 saturated heterocycles. The Hall–Kier alpha value is -2.44. The molecule has 0 spiro atoms. The van der Waals surface area contributed by atoms with Crippen LogP contribution in [0.2, 0.25) is 10.0 Å². The molecule has 0 aliphatic rings. The summed E-state index contributed by atoms with van der Waals surface area (Å²) in [7, 11) is 0. The van der Waals surface area contributed by atoms with E-state index in [9.17, 15) is 14.0 Å². The van der Waals surface area contributed by atoms with Crippen molar-refractivity contribution in [1.82, 2.24) is 15.5 Å². The van der Waals surface area contributed by atoms with Crippen LogP contribution in [0.15, 0.2) is 41.2 Å². The summed E-state index contributed by atoms with van der Waals surface area (Å²) in [5.41, 5.74) is 0.543. The molecule has 8 heteroatoms. The van der Waals surface area contributed by atoms with E-state index in [0.29, 0.717) is 22.0 Å². The van der Waals surface area contributed by atoms with Gasteiger partial charge in [-0.05, 0) is 30.7 Å². The SMILES string of the molecule is CC(NC(=O)Cc1n[nH]c(=O)c2ccccc12)c1cc(F)c(Cl)cc1Cl. The Morgan fingerprint density at radius 3 is 2.65 bits per heavy atom. The first-order valence-corrected chi connectivity index (χ1v) is 8.52. The van der Waals surface area contributed by atoms with Crippen LogP contribution in [0.3, 0.4) is 0 Å². The summed E-state index contributed by atoms with van der Waals surface area (Å²) < 4.78 is 13.7. The van der Waals surface area contributed by atoms with Crippen molar-refractivity contribution in [3.63, 3.8) is 0 Å². The molecule has 1 atom stereocenters. The van der Waals surface area contributed by atoms with Gasteiger partial charge in [-0.1, -0.05) is 41.4 Å². The van der Waals surface area contributed by atoms with Crippen LogP contribution >= 0.6 is 23.2 Å². The Morgan fingerprint density at radius 2 is 1.92 bits per heavy atom. The Morgan fingerprint density at radius 1 is 1.23 bits per heavy atom. The smallest absolute Gasteiger partial charge is 0.272 e. The van der Waals surface area contributed by atoms with Gasteiger partial charge in [-0.25, -0.2) is 9.49 Å². The van der Waals surface area contributed by atoms with Gasteiger partial charge >= 0.3 is 0 Å². The molecule has 0 aliphatic heterocycles. The summed E-state index contributed by atoms with van der Waals surface area (Å²) >= 11 is 11.8. The number of H-pyrrole nitrogens is 1. The van der Waals surface area contributed by atoms with E-state index in [4.69, 9.17) is 23.2 Å². The van der Waals surface area contributed by atoms with Crippen LogP contribution < -0.4 is 10.9 Å². The van der Waals surface area contributed by atoms with Crippen molar-refractivity contribution in [2.75, 3.05) is 0 Å². The molecule has 5 nitrogen and oxygen atoms in total. The molecule has 1 amide bonds. The van der Waals surface area contributed by atoms with Crippen molar-refractivity contribution in [2.45, 2.75) is 19.4 Å². The monoisotopic (exact) mass is 393 g/mol. The fraction of sp³-hybridized carbons (Fsp3) is 0.167. The minimum atomic E-state index is -0.611. The number of hydrogen-bond acceptors (Lipinski definition) is 3. The molecule has 0 saturated carbocycles. The van der Waals surface area contributed by atoms with Crippen LogP contribution in [-0.4, -0.2) is 16.1 Å². The number of carbonyl (C=O) groups excluding carboxylic acids is 1. The summed E-state index contributed by atoms with van der Waals surface area (Å²) in [5.74, 6) is -0.950. The van der Waals surface area contributed by atoms with Crippen molar-refractivity contribution in [1.29, 1.82) is 0 Å². The zero-order chi connectivity index (χ0) is 18.8. The average molecular weight is 394 g/mol. The zero-order valence-electron chi connectivity index (χ0n) is 13.6. The number of carbonyl (C=O) groups is 1. The van der Waals surface area contributed by atoms with Gasteiger partial charge in [-0.2, -0.15) is 5.10 Å². The lowest BCUT2D eigenvalue weighted by Gasteiger charge is -2.16. The fourth-order valence-electron chi connectivity index (χ4n) is 2.70. The van der Waals surface area contributed by atoms with Gasteiger partial charge < -0.3 is 5.32 Å². The Labute approximate surface area is 158 Å². The molecule has 0 radical (unpaired) electrons. The van der Waals surface area contributed by atoms with Crippen LogP contribution in [0.1, 0.15) is 24.2 Å². The maximum atomic E-state index is 13.7. The van der Waals surface area contributed by atoms with Crippen molar-refractivity contribution in [2.24, 2.45) is 0 Å². The second-order valence-corrected chi connectivity index (χ2v) is 6.61. The van der Waals surface area contributed by atoms with Crippen molar-refractivity contribution >= 4 is 39.9 Å². The average Bonchev–Trinajstić information content (AvgIpc) is 2.60. The van der Waals surface area contributed by atoms with Gasteiger partial charge in [0, 0.05) is 10.4 Å². The Bertz CT molecular complexity index is 1050. The fourth-order valence-corrected chi connectivity index (χ4v) is 3.25. The van der Waals surface area contributed by atoms with Gasteiger partial charge in [0.1, 0.15) is 5.82 Å². The van der Waals surface area contributed by atoms with E-state index in [1.54, 1.807) is 31.2 Å². The quantitative estimate of drug-likeness (QED) is 0.662. The molecule has 1 aromatic heterocycles. The highest BCUT2D eigenvalue weighted by molar-refractivity contribution is 6.35. The molecule has 2 N–H and O–H groups in total. The molecular formula is C18H14Cl2FN3O2. The maximum absolute atomic E-state index is 13.7. The zero-order valence-corrected chi connectivity index (χ0v) is 15.2. The number of nitrogens with zero attached hydrogens (tertiary/aromatic N) is 1. The minimum Gasteiger partial charge on any atom is -0.349 e. The van der Waals surface area contributed by atoms with E-state index in [1.165, 1.54) is 12.1 Å². The highest BCUT2D eigenvalue weighted by Gasteiger charge is 2.17. The number of halogens is 3. The van der Waals surface area contributed by atoms with E-state index in [-0.39, 0.29) is 27.9 Å². The van der Waals surface area contributed by atoms with E-state index >= 15 is 0 Å². The largest absolute Gasteiger partial charge is 0.349 e. The first-order valence-electron chi connectivity index (χ1n) is 7.77. The van der Waals surface area contributed by atoms with Crippen LogP contribution in [0.25, 0.3) is 10.8 Å². The number of aromatic amines is 1. The summed E-state index contributed by atoms with van der Waals surface area (Å²) in [4.78, 5) is 24.2. The van der Waals surface area contributed by atoms with E-state index in [1.807, 2.05) is 0 Å². The number of aromatic nitrogens is 2. The third kappa shape index (κ3) is 3.71. The van der Waals surface area contributed by atoms with E-state index < -0.39 is 11.9 Å². The maximum Gasteiger partial charge on any atom is 0.272 e. The van der Waals surface area contributed by atoms with Crippen LogP contribution in [0.4, 0.5) is 4.39 Å². The molecular weight excluding hydrogens is 380 g/mol. The van der Waals surface area contributed by atoms with Gasteiger partial charge in [-0.3, -0.25) is 9.59 Å². The normalized spacial score (nSPS) is 12.2. The number of nitrogens with one attached hydrogen (secondary N) is 2. The first kappa shape index (κ1) is 18.4. The van der Waals surface area contributed by atoms with E-state index in [0.717, 1.165) is 0 Å². The summed E-state index contributed by atoms with van der Waals surface area (Å²) in [5, 5.41) is 10.3. The van der Waals surface area contributed by atoms with Crippen molar-refractivity contribution in [3.8, 4) is 0 Å². The Kier molecular flexibility index (Phi) is 5.25. The van der Waals surface area contributed by atoms with Gasteiger partial charge in [0.05, 0.1) is 28.6 Å². The number of amides is 1. The third-order valence-electron chi connectivity index (χ3n) is 3.99. The third-order valence-corrected chi connectivity index (χ3v) is 4.60. The summed E-state index contributed by atoms with van der Waals surface area (Å²) in [6.45, 7) is 1.69.